The van der Waals surface area contributed by atoms with Crippen LogP contribution in [0.1, 0.15) is 31.1 Å². The summed E-state index contributed by atoms with van der Waals surface area (Å²) in [5, 5.41) is 1.16. The average Bonchev–Trinajstić information content (AvgIpc) is 2.82. The van der Waals surface area contributed by atoms with E-state index in [0.29, 0.717) is 12.5 Å². The summed E-state index contributed by atoms with van der Waals surface area (Å²) in [6, 6.07) is 8.09. The van der Waals surface area contributed by atoms with E-state index in [9.17, 15) is 0 Å². The number of fused-ring (bicyclic) bond motifs is 1. The lowest BCUT2D eigenvalue weighted by Gasteiger charge is -2.30. The molecule has 0 spiro atoms. The van der Waals surface area contributed by atoms with Crippen LogP contribution in [0, 0.1) is 12.8 Å². The van der Waals surface area contributed by atoms with Gasteiger partial charge in [0.2, 0.25) is 0 Å². The third-order valence-corrected chi connectivity index (χ3v) is 4.43. The van der Waals surface area contributed by atoms with Crippen LogP contribution >= 0.6 is 0 Å². The number of likely N-dealkylation sites (tertiary alicyclic amines) is 1. The number of rotatable bonds is 2. The first-order chi connectivity index (χ1) is 10.1. The van der Waals surface area contributed by atoms with Gasteiger partial charge in [0.25, 0.3) is 0 Å². The maximum atomic E-state index is 6.12. The molecule has 0 radical (unpaired) electrons. The number of guanidine groups is 1. The number of nitrogens with two attached hydrogens (primary N) is 1. The predicted octanol–water partition coefficient (Wildman–Crippen LogP) is 3.29. The number of hydrogen-bond acceptors (Lipinski definition) is 2. The van der Waals surface area contributed by atoms with E-state index in [4.69, 9.17) is 10.2 Å². The van der Waals surface area contributed by atoms with Gasteiger partial charge < -0.3 is 15.1 Å². The van der Waals surface area contributed by atoms with E-state index < -0.39 is 0 Å². The number of piperidine rings is 1. The quantitative estimate of drug-likeness (QED) is 0.680. The molecule has 4 heteroatoms. The molecular weight excluding hydrogens is 262 g/mol. The first kappa shape index (κ1) is 14.0. The number of furan rings is 1. The molecule has 0 amide bonds. The van der Waals surface area contributed by atoms with Crippen molar-refractivity contribution in [2.24, 2.45) is 16.6 Å². The summed E-state index contributed by atoms with van der Waals surface area (Å²) in [5.41, 5.74) is 8.20. The van der Waals surface area contributed by atoms with Crippen molar-refractivity contribution in [3.05, 3.63) is 35.6 Å². The van der Waals surface area contributed by atoms with E-state index in [2.05, 4.69) is 29.8 Å². The Morgan fingerprint density at radius 1 is 1.33 bits per heavy atom. The van der Waals surface area contributed by atoms with E-state index in [-0.39, 0.29) is 0 Å². The normalized spacial score (nSPS) is 17.6. The zero-order chi connectivity index (χ0) is 14.8. The largest absolute Gasteiger partial charge is 0.459 e. The van der Waals surface area contributed by atoms with Gasteiger partial charge in [-0.05, 0) is 31.7 Å². The number of para-hydroxylation sites is 1. The van der Waals surface area contributed by atoms with Crippen molar-refractivity contribution < 1.29 is 4.42 Å². The van der Waals surface area contributed by atoms with Crippen molar-refractivity contribution in [2.45, 2.75) is 33.2 Å². The smallest absolute Gasteiger partial charge is 0.191 e. The van der Waals surface area contributed by atoms with Gasteiger partial charge in [0, 0.05) is 24.0 Å². The van der Waals surface area contributed by atoms with Crippen LogP contribution in [-0.2, 0) is 6.54 Å². The van der Waals surface area contributed by atoms with E-state index in [1.54, 1.807) is 0 Å². The molecule has 2 aromatic rings. The molecule has 1 aliphatic heterocycles. The summed E-state index contributed by atoms with van der Waals surface area (Å²) >= 11 is 0. The van der Waals surface area contributed by atoms with Crippen LogP contribution in [-0.4, -0.2) is 23.9 Å². The van der Waals surface area contributed by atoms with Crippen LogP contribution in [0.5, 0.6) is 0 Å². The molecule has 112 valence electrons. The summed E-state index contributed by atoms with van der Waals surface area (Å²) < 4.78 is 5.87. The van der Waals surface area contributed by atoms with Crippen molar-refractivity contribution in [2.75, 3.05) is 13.1 Å². The Morgan fingerprint density at radius 2 is 2.05 bits per heavy atom. The SMILES string of the molecule is Cc1c(CN=C(N)N2CCC(C)CC2)oc2ccccc12. The third kappa shape index (κ3) is 2.89. The first-order valence-corrected chi connectivity index (χ1v) is 7.67. The van der Waals surface area contributed by atoms with Gasteiger partial charge in [-0.3, -0.25) is 0 Å². The first-order valence-electron chi connectivity index (χ1n) is 7.67. The molecule has 0 bridgehead atoms. The van der Waals surface area contributed by atoms with Crippen LogP contribution in [0.2, 0.25) is 0 Å². The molecule has 1 aromatic carbocycles. The Labute approximate surface area is 125 Å². The highest BCUT2D eigenvalue weighted by Gasteiger charge is 2.17. The van der Waals surface area contributed by atoms with Crippen LogP contribution in [0.15, 0.2) is 33.7 Å². The van der Waals surface area contributed by atoms with Gasteiger partial charge in [-0.1, -0.05) is 25.1 Å². The molecule has 0 saturated carbocycles. The molecule has 0 atom stereocenters. The average molecular weight is 285 g/mol. The lowest BCUT2D eigenvalue weighted by molar-refractivity contribution is 0.277. The van der Waals surface area contributed by atoms with Crippen molar-refractivity contribution in [3.8, 4) is 0 Å². The van der Waals surface area contributed by atoms with Crippen LogP contribution < -0.4 is 5.73 Å². The fourth-order valence-corrected chi connectivity index (χ4v) is 2.87. The van der Waals surface area contributed by atoms with Crippen LogP contribution in [0.25, 0.3) is 11.0 Å². The predicted molar refractivity (Wildman–Crippen MR) is 86.2 cm³/mol. The fourth-order valence-electron chi connectivity index (χ4n) is 2.87. The Balaban J connectivity index is 1.73. The van der Waals surface area contributed by atoms with Gasteiger partial charge in [0.1, 0.15) is 17.9 Å². The second kappa shape index (κ2) is 5.80. The Bertz CT molecular complexity index is 651. The van der Waals surface area contributed by atoms with Crippen LogP contribution in [0.4, 0.5) is 0 Å². The Morgan fingerprint density at radius 3 is 2.76 bits per heavy atom. The van der Waals surface area contributed by atoms with Crippen molar-refractivity contribution in [1.82, 2.24) is 4.90 Å². The maximum absolute atomic E-state index is 6.12. The number of hydrogen-bond donors (Lipinski definition) is 1. The van der Waals surface area contributed by atoms with E-state index in [0.717, 1.165) is 41.3 Å². The zero-order valence-electron chi connectivity index (χ0n) is 12.8. The van der Waals surface area contributed by atoms with E-state index >= 15 is 0 Å². The van der Waals surface area contributed by atoms with E-state index in [1.165, 1.54) is 12.8 Å². The second-order valence-electron chi connectivity index (χ2n) is 5.99. The lowest BCUT2D eigenvalue weighted by atomic mass is 10.00. The standard InChI is InChI=1S/C17H23N3O/c1-12-7-9-20(10-8-12)17(18)19-11-16-13(2)14-5-3-4-6-15(14)21-16/h3-6,12H,7-11H2,1-2H3,(H2,18,19). The summed E-state index contributed by atoms with van der Waals surface area (Å²) in [6.45, 7) is 6.90. The summed E-state index contributed by atoms with van der Waals surface area (Å²) in [4.78, 5) is 6.70. The summed E-state index contributed by atoms with van der Waals surface area (Å²) in [7, 11) is 0. The minimum absolute atomic E-state index is 0.512. The third-order valence-electron chi connectivity index (χ3n) is 4.43. The molecule has 4 nitrogen and oxygen atoms in total. The summed E-state index contributed by atoms with van der Waals surface area (Å²) in [6.07, 6.45) is 2.39. The highest BCUT2D eigenvalue weighted by molar-refractivity contribution is 5.82. The van der Waals surface area contributed by atoms with E-state index in [1.807, 2.05) is 18.2 Å². The van der Waals surface area contributed by atoms with Gasteiger partial charge in [0.15, 0.2) is 5.96 Å². The topological polar surface area (TPSA) is 54.8 Å². The molecular formula is C17H23N3O. The van der Waals surface area contributed by atoms with Crippen LogP contribution in [0.3, 0.4) is 0 Å². The second-order valence-corrected chi connectivity index (χ2v) is 5.99. The molecule has 1 saturated heterocycles. The minimum Gasteiger partial charge on any atom is -0.459 e. The molecule has 2 heterocycles. The number of aryl methyl sites for hydroxylation is 1. The monoisotopic (exact) mass is 285 g/mol. The molecule has 0 aliphatic carbocycles. The number of nitrogens with zero attached hydrogens (tertiary/aromatic N) is 2. The van der Waals surface area contributed by atoms with Gasteiger partial charge in [-0.25, -0.2) is 4.99 Å². The van der Waals surface area contributed by atoms with Gasteiger partial charge in [-0.2, -0.15) is 0 Å². The Kier molecular flexibility index (Phi) is 3.86. The zero-order valence-corrected chi connectivity index (χ0v) is 12.8. The molecule has 21 heavy (non-hydrogen) atoms. The van der Waals surface area contributed by atoms with Gasteiger partial charge in [-0.15, -0.1) is 0 Å². The fraction of sp³-hybridized carbons (Fsp3) is 0.471. The number of aliphatic imine (C=N–C) groups is 1. The van der Waals surface area contributed by atoms with Crippen molar-refractivity contribution in [1.29, 1.82) is 0 Å². The molecule has 1 aromatic heterocycles. The van der Waals surface area contributed by atoms with Crippen molar-refractivity contribution in [3.63, 3.8) is 0 Å². The molecule has 0 unspecified atom stereocenters. The minimum atomic E-state index is 0.512. The summed E-state index contributed by atoms with van der Waals surface area (Å²) in [5.74, 6) is 2.35. The van der Waals surface area contributed by atoms with Gasteiger partial charge in [0.05, 0.1) is 0 Å². The molecule has 1 fully saturated rings. The Hall–Kier alpha value is -1.97. The lowest BCUT2D eigenvalue weighted by Crippen LogP contribution is -2.42. The van der Waals surface area contributed by atoms with Crippen molar-refractivity contribution >= 4 is 16.9 Å². The number of benzene rings is 1. The maximum Gasteiger partial charge on any atom is 0.191 e. The molecule has 1 aliphatic rings. The van der Waals surface area contributed by atoms with Gasteiger partial charge >= 0.3 is 0 Å². The molecule has 2 N–H and O–H groups in total. The highest BCUT2D eigenvalue weighted by Crippen LogP contribution is 2.25. The molecule has 3 rings (SSSR count). The highest BCUT2D eigenvalue weighted by atomic mass is 16.3.